The van der Waals surface area contributed by atoms with Crippen LogP contribution in [0.25, 0.3) is 11.3 Å². The van der Waals surface area contributed by atoms with Gasteiger partial charge in [0, 0.05) is 6.07 Å². The van der Waals surface area contributed by atoms with Crippen LogP contribution < -0.4 is 9.47 Å². The summed E-state index contributed by atoms with van der Waals surface area (Å²) in [5.74, 6) is -1.85. The minimum absolute atomic E-state index is 0.0101. The predicted octanol–water partition coefficient (Wildman–Crippen LogP) is 2.20. The molecule has 0 saturated carbocycles. The second kappa shape index (κ2) is 4.97. The van der Waals surface area contributed by atoms with Crippen LogP contribution >= 0.6 is 0 Å². The lowest BCUT2D eigenvalue weighted by molar-refractivity contribution is 0.0686. The zero-order valence-corrected chi connectivity index (χ0v) is 10.1. The van der Waals surface area contributed by atoms with E-state index < -0.39 is 11.8 Å². The van der Waals surface area contributed by atoms with Crippen molar-refractivity contribution in [2.24, 2.45) is 0 Å². The third-order valence-electron chi connectivity index (χ3n) is 2.48. The fourth-order valence-electron chi connectivity index (χ4n) is 1.59. The van der Waals surface area contributed by atoms with Crippen LogP contribution in [0.4, 0.5) is 4.39 Å². The van der Waals surface area contributed by atoms with E-state index in [0.29, 0.717) is 0 Å². The quantitative estimate of drug-likeness (QED) is 0.914. The number of ether oxygens (including phenoxy) is 2. The van der Waals surface area contributed by atoms with Crippen molar-refractivity contribution in [2.75, 3.05) is 14.2 Å². The SMILES string of the molecule is COc1ccc(OC)c(-c2cc(C(=O)O)no2)c1F. The molecule has 0 aliphatic rings. The average molecular weight is 267 g/mol. The van der Waals surface area contributed by atoms with Crippen molar-refractivity contribution < 1.29 is 28.3 Å². The van der Waals surface area contributed by atoms with Crippen LogP contribution in [0.3, 0.4) is 0 Å². The van der Waals surface area contributed by atoms with Crippen LogP contribution in [0.1, 0.15) is 10.5 Å². The summed E-state index contributed by atoms with van der Waals surface area (Å²) in [5, 5.41) is 12.1. The first-order chi connectivity index (χ1) is 9.08. The molecule has 7 heteroatoms. The van der Waals surface area contributed by atoms with Gasteiger partial charge in [-0.15, -0.1) is 0 Å². The second-order valence-corrected chi connectivity index (χ2v) is 3.54. The number of aromatic nitrogens is 1. The molecule has 2 aromatic rings. The van der Waals surface area contributed by atoms with Gasteiger partial charge < -0.3 is 19.1 Å². The molecule has 19 heavy (non-hydrogen) atoms. The average Bonchev–Trinajstić information content (AvgIpc) is 2.87. The molecule has 0 aliphatic carbocycles. The zero-order valence-electron chi connectivity index (χ0n) is 10.1. The van der Waals surface area contributed by atoms with E-state index in [1.54, 1.807) is 0 Å². The number of aromatic carboxylic acids is 1. The Kier molecular flexibility index (Phi) is 3.37. The Labute approximate surface area is 107 Å². The number of halogens is 1. The molecular weight excluding hydrogens is 257 g/mol. The molecule has 0 saturated heterocycles. The number of carboxylic acid groups (broad SMARTS) is 1. The number of carboxylic acids is 1. The van der Waals surface area contributed by atoms with Gasteiger partial charge in [-0.1, -0.05) is 5.16 Å². The maximum Gasteiger partial charge on any atom is 0.358 e. The Bertz CT molecular complexity index is 623. The Morgan fingerprint density at radius 3 is 2.47 bits per heavy atom. The van der Waals surface area contributed by atoms with E-state index in [4.69, 9.17) is 19.1 Å². The largest absolute Gasteiger partial charge is 0.496 e. The molecule has 0 fully saturated rings. The van der Waals surface area contributed by atoms with Crippen molar-refractivity contribution >= 4 is 5.97 Å². The number of nitrogens with zero attached hydrogens (tertiary/aromatic N) is 1. The summed E-state index contributed by atoms with van der Waals surface area (Å²) in [6.45, 7) is 0. The first kappa shape index (κ1) is 12.9. The molecule has 0 unspecified atom stereocenters. The van der Waals surface area contributed by atoms with E-state index in [2.05, 4.69) is 5.16 Å². The maximum absolute atomic E-state index is 14.2. The molecule has 6 nitrogen and oxygen atoms in total. The number of carbonyl (C=O) groups is 1. The van der Waals surface area contributed by atoms with Crippen molar-refractivity contribution in [1.82, 2.24) is 5.16 Å². The number of rotatable bonds is 4. The van der Waals surface area contributed by atoms with Crippen LogP contribution in [0.5, 0.6) is 11.5 Å². The van der Waals surface area contributed by atoms with Crippen LogP contribution in [-0.2, 0) is 0 Å². The van der Waals surface area contributed by atoms with E-state index in [0.717, 1.165) is 6.07 Å². The maximum atomic E-state index is 14.2. The topological polar surface area (TPSA) is 81.8 Å². The van der Waals surface area contributed by atoms with Crippen LogP contribution in [0, 0.1) is 5.82 Å². The summed E-state index contributed by atoms with van der Waals surface area (Å²) in [5.41, 5.74) is -0.360. The number of hydrogen-bond donors (Lipinski definition) is 1. The molecule has 1 aromatic carbocycles. The normalized spacial score (nSPS) is 10.3. The Morgan fingerprint density at radius 2 is 1.95 bits per heavy atom. The zero-order chi connectivity index (χ0) is 14.0. The van der Waals surface area contributed by atoms with E-state index in [-0.39, 0.29) is 28.5 Å². The van der Waals surface area contributed by atoms with Gasteiger partial charge in [0.15, 0.2) is 23.0 Å². The first-order valence-electron chi connectivity index (χ1n) is 5.19. The summed E-state index contributed by atoms with van der Waals surface area (Å²) in [6.07, 6.45) is 0. The molecule has 0 bridgehead atoms. The van der Waals surface area contributed by atoms with E-state index >= 15 is 0 Å². The van der Waals surface area contributed by atoms with Gasteiger partial charge in [-0.05, 0) is 12.1 Å². The van der Waals surface area contributed by atoms with Crippen molar-refractivity contribution in [3.8, 4) is 22.8 Å². The molecule has 1 heterocycles. The monoisotopic (exact) mass is 267 g/mol. The van der Waals surface area contributed by atoms with Crippen molar-refractivity contribution in [3.05, 3.63) is 29.7 Å². The smallest absolute Gasteiger partial charge is 0.358 e. The Morgan fingerprint density at radius 1 is 1.32 bits per heavy atom. The first-order valence-corrected chi connectivity index (χ1v) is 5.19. The molecule has 0 spiro atoms. The molecule has 1 aromatic heterocycles. The van der Waals surface area contributed by atoms with Gasteiger partial charge >= 0.3 is 5.97 Å². The summed E-state index contributed by atoms with van der Waals surface area (Å²) in [4.78, 5) is 10.7. The van der Waals surface area contributed by atoms with Crippen molar-refractivity contribution in [3.63, 3.8) is 0 Å². The van der Waals surface area contributed by atoms with Crippen molar-refractivity contribution in [2.45, 2.75) is 0 Å². The predicted molar refractivity (Wildman–Crippen MR) is 62.0 cm³/mol. The summed E-state index contributed by atoms with van der Waals surface area (Å²) >= 11 is 0. The van der Waals surface area contributed by atoms with Crippen LogP contribution in [0.2, 0.25) is 0 Å². The molecule has 0 aliphatic heterocycles. The fraction of sp³-hybridized carbons (Fsp3) is 0.167. The highest BCUT2D eigenvalue weighted by atomic mass is 19.1. The molecule has 0 atom stereocenters. The molecule has 2 rings (SSSR count). The van der Waals surface area contributed by atoms with E-state index in [1.807, 2.05) is 0 Å². The van der Waals surface area contributed by atoms with Gasteiger partial charge in [0.2, 0.25) is 0 Å². The lowest BCUT2D eigenvalue weighted by atomic mass is 10.1. The van der Waals surface area contributed by atoms with Gasteiger partial charge in [-0.2, -0.15) is 0 Å². The van der Waals surface area contributed by atoms with E-state index in [1.165, 1.54) is 26.4 Å². The Hall–Kier alpha value is -2.57. The highest BCUT2D eigenvalue weighted by Crippen LogP contribution is 2.37. The standard InChI is InChI=1S/C12H10FNO5/c1-17-7-3-4-8(18-2)11(13)10(7)9-5-6(12(15)16)14-19-9/h3-5H,1-2H3,(H,15,16). The highest BCUT2D eigenvalue weighted by Gasteiger charge is 2.22. The van der Waals surface area contributed by atoms with Crippen LogP contribution in [0.15, 0.2) is 22.7 Å². The van der Waals surface area contributed by atoms with Crippen LogP contribution in [-0.4, -0.2) is 30.5 Å². The number of hydrogen-bond acceptors (Lipinski definition) is 5. The lowest BCUT2D eigenvalue weighted by Crippen LogP contribution is -1.96. The van der Waals surface area contributed by atoms with Gasteiger partial charge in [0.25, 0.3) is 0 Å². The van der Waals surface area contributed by atoms with Crippen molar-refractivity contribution in [1.29, 1.82) is 0 Å². The summed E-state index contributed by atoms with van der Waals surface area (Å²) in [7, 11) is 2.68. The molecule has 1 N–H and O–H groups in total. The Balaban J connectivity index is 2.61. The lowest BCUT2D eigenvalue weighted by Gasteiger charge is -2.09. The molecule has 0 radical (unpaired) electrons. The minimum atomic E-state index is -1.27. The molecule has 0 amide bonds. The third kappa shape index (κ3) is 2.22. The highest BCUT2D eigenvalue weighted by molar-refractivity contribution is 5.87. The number of methoxy groups -OCH3 is 2. The summed E-state index contributed by atoms with van der Waals surface area (Å²) in [6, 6.07) is 4.00. The van der Waals surface area contributed by atoms with Gasteiger partial charge in [0.05, 0.1) is 14.2 Å². The second-order valence-electron chi connectivity index (χ2n) is 3.54. The minimum Gasteiger partial charge on any atom is -0.496 e. The van der Waals surface area contributed by atoms with E-state index in [9.17, 15) is 9.18 Å². The number of benzene rings is 1. The molecule has 100 valence electrons. The van der Waals surface area contributed by atoms with Gasteiger partial charge in [0.1, 0.15) is 11.3 Å². The fourth-order valence-corrected chi connectivity index (χ4v) is 1.59. The third-order valence-corrected chi connectivity index (χ3v) is 2.48. The van der Waals surface area contributed by atoms with Gasteiger partial charge in [-0.25, -0.2) is 9.18 Å². The molecular formula is C12H10FNO5. The summed E-state index contributed by atoms with van der Waals surface area (Å²) < 4.78 is 28.9. The van der Waals surface area contributed by atoms with Gasteiger partial charge in [-0.3, -0.25) is 0 Å².